The first kappa shape index (κ1) is 21.4. The van der Waals surface area contributed by atoms with Gasteiger partial charge in [-0.05, 0) is 41.9 Å². The number of fused-ring (bicyclic) bond motifs is 1. The van der Waals surface area contributed by atoms with Crippen molar-refractivity contribution < 1.29 is 0 Å². The molecule has 0 unspecified atom stereocenters. The maximum Gasteiger partial charge on any atom is 0.100 e. The Balaban J connectivity index is 2.71. The number of hydrogen-bond acceptors (Lipinski definition) is 2. The van der Waals surface area contributed by atoms with E-state index in [1.807, 2.05) is 22.7 Å². The van der Waals surface area contributed by atoms with E-state index in [0.717, 1.165) is 0 Å². The summed E-state index contributed by atoms with van der Waals surface area (Å²) < 4.78 is 7.44. The minimum absolute atomic E-state index is 0.358. The molecule has 0 amide bonds. The zero-order chi connectivity index (χ0) is 18.9. The van der Waals surface area contributed by atoms with Gasteiger partial charge in [-0.1, -0.05) is 67.7 Å². The van der Waals surface area contributed by atoms with E-state index in [4.69, 9.17) is 0 Å². The van der Waals surface area contributed by atoms with Gasteiger partial charge in [0.25, 0.3) is 0 Å². The molecule has 0 fully saturated rings. The van der Waals surface area contributed by atoms with Crippen LogP contribution in [0.5, 0.6) is 0 Å². The lowest BCUT2D eigenvalue weighted by Crippen LogP contribution is -2.49. The Morgan fingerprint density at radius 1 is 0.667 bits per heavy atom. The number of rotatable bonds is 2. The Morgan fingerprint density at radius 2 is 0.958 bits per heavy atom. The normalized spacial score (nSPS) is 14.7. The lowest BCUT2D eigenvalue weighted by atomic mass is 10.2. The van der Waals surface area contributed by atoms with Crippen molar-refractivity contribution in [1.29, 1.82) is 0 Å². The summed E-state index contributed by atoms with van der Waals surface area (Å²) in [5, 5.41) is 2.15. The van der Waals surface area contributed by atoms with Crippen LogP contribution in [0.15, 0.2) is 8.95 Å². The monoisotopic (exact) mass is 524 g/mol. The molecule has 2 aromatic rings. The number of halogens is 2. The van der Waals surface area contributed by atoms with Crippen molar-refractivity contribution in [2.45, 2.75) is 77.8 Å². The van der Waals surface area contributed by atoms with E-state index in [-0.39, 0.29) is 0 Å². The molecule has 0 aliphatic heterocycles. The van der Waals surface area contributed by atoms with Gasteiger partial charge >= 0.3 is 0 Å². The SMILES string of the molecule is CC(C)(C)[Si](C)(C)c1sc2sc([Si](C)(C)C(C)(C)C)c(Br)c2c1Br. The van der Waals surface area contributed by atoms with E-state index >= 15 is 0 Å². The lowest BCUT2D eigenvalue weighted by Gasteiger charge is -2.37. The molecular weight excluding hydrogens is 496 g/mol. The first-order valence-corrected chi connectivity index (χ1v) is 17.7. The summed E-state index contributed by atoms with van der Waals surface area (Å²) in [5.74, 6) is 0. The molecule has 0 saturated carbocycles. The molecule has 0 spiro atoms. The molecule has 0 bridgehead atoms. The highest BCUT2D eigenvalue weighted by molar-refractivity contribution is 9.11. The molecule has 0 radical (unpaired) electrons. The summed E-state index contributed by atoms with van der Waals surface area (Å²) in [6.45, 7) is 24.4. The van der Waals surface area contributed by atoms with Gasteiger partial charge < -0.3 is 0 Å². The lowest BCUT2D eigenvalue weighted by molar-refractivity contribution is 0.730. The highest BCUT2D eigenvalue weighted by atomic mass is 79.9. The fraction of sp³-hybridized carbons (Fsp3) is 0.667. The van der Waals surface area contributed by atoms with Gasteiger partial charge in [-0.3, -0.25) is 0 Å². The molecule has 0 nitrogen and oxygen atoms in total. The molecule has 0 aromatic carbocycles. The van der Waals surface area contributed by atoms with Gasteiger partial charge in [0.15, 0.2) is 0 Å². The van der Waals surface area contributed by atoms with Crippen LogP contribution < -0.4 is 9.00 Å². The molecule has 6 heteroatoms. The molecule has 0 aliphatic rings. The predicted octanol–water partition coefficient (Wildman–Crippen LogP) is 7.92. The second-order valence-corrected chi connectivity index (χ2v) is 25.0. The summed E-state index contributed by atoms with van der Waals surface area (Å²) in [4.78, 5) is 0. The zero-order valence-electron chi connectivity index (χ0n) is 16.6. The van der Waals surface area contributed by atoms with Crippen LogP contribution in [-0.4, -0.2) is 16.1 Å². The molecule has 24 heavy (non-hydrogen) atoms. The standard InChI is InChI=1S/C18H30Br2S2Si2/c1-17(2,3)23(7,8)15-12(19)11-13(20)16(22-14(11)21-15)24(9,10)18(4,5)6/h1-10H3. The fourth-order valence-corrected chi connectivity index (χ4v) is 17.1. The van der Waals surface area contributed by atoms with Crippen LogP contribution in [0, 0.1) is 0 Å². The molecule has 2 aromatic heterocycles. The first-order valence-electron chi connectivity index (χ1n) is 8.44. The zero-order valence-corrected chi connectivity index (χ0v) is 23.4. The molecule has 0 aliphatic carbocycles. The van der Waals surface area contributed by atoms with Gasteiger partial charge in [0.1, 0.15) is 16.1 Å². The highest BCUT2D eigenvalue weighted by Gasteiger charge is 2.43. The van der Waals surface area contributed by atoms with Crippen LogP contribution in [0.25, 0.3) is 9.40 Å². The van der Waals surface area contributed by atoms with E-state index < -0.39 is 16.1 Å². The smallest absolute Gasteiger partial charge is 0.100 e. The van der Waals surface area contributed by atoms with E-state index in [1.165, 1.54) is 18.3 Å². The molecular formula is C18H30Br2S2Si2. The molecule has 2 rings (SSSR count). The Labute approximate surface area is 174 Å². The Morgan fingerprint density at radius 3 is 1.17 bits per heavy atom. The van der Waals surface area contributed by atoms with Gasteiger partial charge in [0.2, 0.25) is 0 Å². The van der Waals surface area contributed by atoms with Crippen LogP contribution in [0.4, 0.5) is 0 Å². The molecule has 0 atom stereocenters. The van der Waals surface area contributed by atoms with Crippen LogP contribution in [0.3, 0.4) is 0 Å². The van der Waals surface area contributed by atoms with E-state index in [9.17, 15) is 0 Å². The average Bonchev–Trinajstić information content (AvgIpc) is 2.86. The number of hydrogen-bond donors (Lipinski definition) is 0. The van der Waals surface area contributed by atoms with Gasteiger partial charge in [-0.25, -0.2) is 0 Å². The second kappa shape index (κ2) is 6.30. The fourth-order valence-electron chi connectivity index (χ4n) is 2.39. The van der Waals surface area contributed by atoms with Crippen LogP contribution >= 0.6 is 54.5 Å². The van der Waals surface area contributed by atoms with Crippen LogP contribution in [0.2, 0.25) is 36.3 Å². The van der Waals surface area contributed by atoms with E-state index in [1.54, 1.807) is 9.00 Å². The summed E-state index contributed by atoms with van der Waals surface area (Å²) in [7, 11) is -3.05. The van der Waals surface area contributed by atoms with Gasteiger partial charge in [0.05, 0.1) is 4.01 Å². The van der Waals surface area contributed by atoms with Crippen molar-refractivity contribution in [1.82, 2.24) is 0 Å². The van der Waals surface area contributed by atoms with Crippen molar-refractivity contribution in [3.63, 3.8) is 0 Å². The third kappa shape index (κ3) is 3.22. The second-order valence-electron chi connectivity index (χ2n) is 9.90. The summed E-state index contributed by atoms with van der Waals surface area (Å²) >= 11 is 12.1. The third-order valence-corrected chi connectivity index (χ3v) is 25.2. The molecule has 0 N–H and O–H groups in total. The maximum atomic E-state index is 4.00. The minimum atomic E-state index is -1.53. The van der Waals surface area contributed by atoms with E-state index in [0.29, 0.717) is 10.1 Å². The van der Waals surface area contributed by atoms with Crippen molar-refractivity contribution in [2.24, 2.45) is 0 Å². The molecule has 0 saturated heterocycles. The van der Waals surface area contributed by atoms with Crippen LogP contribution in [-0.2, 0) is 0 Å². The Hall–Kier alpha value is 1.05. The first-order chi connectivity index (χ1) is 10.5. The minimum Gasteiger partial charge on any atom is -0.133 e. The topological polar surface area (TPSA) is 0 Å². The van der Waals surface area contributed by atoms with Gasteiger partial charge in [-0.2, -0.15) is 0 Å². The quantitative estimate of drug-likeness (QED) is 0.349. The van der Waals surface area contributed by atoms with Gasteiger partial charge in [0, 0.05) is 23.3 Å². The number of thiophene rings is 2. The van der Waals surface area contributed by atoms with Crippen molar-refractivity contribution in [2.75, 3.05) is 0 Å². The largest absolute Gasteiger partial charge is 0.133 e. The third-order valence-electron chi connectivity index (χ3n) is 6.32. The Kier molecular flexibility index (Phi) is 5.60. The van der Waals surface area contributed by atoms with Crippen molar-refractivity contribution in [3.8, 4) is 0 Å². The van der Waals surface area contributed by atoms with Crippen molar-refractivity contribution in [3.05, 3.63) is 8.95 Å². The molecule has 136 valence electrons. The Bertz CT molecular complexity index is 710. The van der Waals surface area contributed by atoms with Crippen LogP contribution in [0.1, 0.15) is 41.5 Å². The summed E-state index contributed by atoms with van der Waals surface area (Å²) in [5.41, 5.74) is 0. The van der Waals surface area contributed by atoms with Crippen molar-refractivity contribution >= 4 is 89.1 Å². The van der Waals surface area contributed by atoms with Gasteiger partial charge in [-0.15, -0.1) is 22.7 Å². The maximum absolute atomic E-state index is 4.00. The average molecular weight is 527 g/mol. The summed E-state index contributed by atoms with van der Waals surface area (Å²) in [6, 6.07) is 0. The van der Waals surface area contributed by atoms with E-state index in [2.05, 4.69) is 99.6 Å². The molecule has 2 heterocycles. The predicted molar refractivity (Wildman–Crippen MR) is 129 cm³/mol. The summed E-state index contributed by atoms with van der Waals surface area (Å²) in [6.07, 6.45) is 0. The highest BCUT2D eigenvalue weighted by Crippen LogP contribution is 2.47.